The summed E-state index contributed by atoms with van der Waals surface area (Å²) in [6.45, 7) is 0. The Bertz CT molecular complexity index is 711. The number of hydrogen-bond donors (Lipinski definition) is 1. The largest absolute Gasteiger partial charge is 0.507 e. The molecule has 1 unspecified atom stereocenters. The maximum absolute atomic E-state index is 12.6. The van der Waals surface area contributed by atoms with E-state index in [4.69, 9.17) is 0 Å². The van der Waals surface area contributed by atoms with Gasteiger partial charge in [0.15, 0.2) is 9.84 Å². The zero-order valence-electron chi connectivity index (χ0n) is 12.7. The number of rotatable bonds is 2. The molecule has 6 heteroatoms. The fraction of sp³-hybridized carbons (Fsp3) is 0.562. The number of aromatic hydroxyl groups is 1. The van der Waals surface area contributed by atoms with Gasteiger partial charge in [-0.2, -0.15) is 0 Å². The number of amides is 1. The Kier molecular flexibility index (Phi) is 3.89. The predicted molar refractivity (Wildman–Crippen MR) is 83.9 cm³/mol. The third kappa shape index (κ3) is 2.84. The van der Waals surface area contributed by atoms with E-state index in [1.807, 2.05) is 0 Å². The third-order valence-corrected chi connectivity index (χ3v) is 6.52. The van der Waals surface area contributed by atoms with E-state index in [-0.39, 0.29) is 34.8 Å². The standard InChI is InChI=1S/C16H21NO4S/c1-17(13-6-7-22(20,21)10-13)16(19)14-8-11-4-2-3-5-12(11)9-15(14)18/h8-9,13,18H,2-7,10H2,1H3. The van der Waals surface area contributed by atoms with Gasteiger partial charge in [0.25, 0.3) is 5.91 Å². The molecule has 2 aliphatic rings. The smallest absolute Gasteiger partial charge is 0.257 e. The van der Waals surface area contributed by atoms with Crippen LogP contribution in [0, 0.1) is 0 Å². The van der Waals surface area contributed by atoms with Crippen LogP contribution in [0.25, 0.3) is 0 Å². The molecule has 1 aromatic carbocycles. The summed E-state index contributed by atoms with van der Waals surface area (Å²) >= 11 is 0. The maximum atomic E-state index is 12.6. The molecule has 1 aromatic rings. The molecular weight excluding hydrogens is 302 g/mol. The number of aryl methyl sites for hydroxylation is 2. The summed E-state index contributed by atoms with van der Waals surface area (Å²) in [7, 11) is -1.42. The summed E-state index contributed by atoms with van der Waals surface area (Å²) in [5, 5.41) is 10.2. The van der Waals surface area contributed by atoms with Crippen molar-refractivity contribution in [3.8, 4) is 5.75 Å². The highest BCUT2D eigenvalue weighted by Gasteiger charge is 2.33. The lowest BCUT2D eigenvalue weighted by Crippen LogP contribution is -2.38. The highest BCUT2D eigenvalue weighted by molar-refractivity contribution is 7.91. The maximum Gasteiger partial charge on any atom is 0.257 e. The van der Waals surface area contributed by atoms with E-state index < -0.39 is 9.84 Å². The first kappa shape index (κ1) is 15.3. The number of benzene rings is 1. The van der Waals surface area contributed by atoms with Crippen LogP contribution in [0.5, 0.6) is 5.75 Å². The zero-order chi connectivity index (χ0) is 15.9. The van der Waals surface area contributed by atoms with Crippen molar-refractivity contribution >= 4 is 15.7 Å². The minimum atomic E-state index is -3.04. The molecular formula is C16H21NO4S. The Morgan fingerprint density at radius 3 is 2.45 bits per heavy atom. The van der Waals surface area contributed by atoms with Gasteiger partial charge in [0.2, 0.25) is 0 Å². The van der Waals surface area contributed by atoms with Crippen LogP contribution in [0.3, 0.4) is 0 Å². The van der Waals surface area contributed by atoms with Crippen molar-refractivity contribution in [3.63, 3.8) is 0 Å². The van der Waals surface area contributed by atoms with E-state index >= 15 is 0 Å². The first-order chi connectivity index (χ1) is 10.4. The highest BCUT2D eigenvalue weighted by Crippen LogP contribution is 2.30. The van der Waals surface area contributed by atoms with Crippen molar-refractivity contribution < 1.29 is 18.3 Å². The molecule has 1 saturated heterocycles. The average Bonchev–Trinajstić information content (AvgIpc) is 2.85. The highest BCUT2D eigenvalue weighted by atomic mass is 32.2. The van der Waals surface area contributed by atoms with Crippen molar-refractivity contribution in [3.05, 3.63) is 28.8 Å². The van der Waals surface area contributed by atoms with Gasteiger partial charge in [-0.15, -0.1) is 0 Å². The second-order valence-electron chi connectivity index (χ2n) is 6.32. The van der Waals surface area contributed by atoms with Crippen molar-refractivity contribution in [2.45, 2.75) is 38.1 Å². The average molecular weight is 323 g/mol. The normalized spacial score (nSPS) is 23.0. The molecule has 1 atom stereocenters. The molecule has 1 aliphatic carbocycles. The Balaban J connectivity index is 1.86. The molecule has 0 bridgehead atoms. The quantitative estimate of drug-likeness (QED) is 0.895. The van der Waals surface area contributed by atoms with Crippen LogP contribution in [0.1, 0.15) is 40.7 Å². The molecule has 1 fully saturated rings. The summed E-state index contributed by atoms with van der Waals surface area (Å²) in [5.41, 5.74) is 2.53. The second kappa shape index (κ2) is 5.57. The van der Waals surface area contributed by atoms with Gasteiger partial charge in [0, 0.05) is 13.1 Å². The number of hydrogen-bond acceptors (Lipinski definition) is 4. The molecule has 0 radical (unpaired) electrons. The van der Waals surface area contributed by atoms with Crippen molar-refractivity contribution in [1.29, 1.82) is 0 Å². The monoisotopic (exact) mass is 323 g/mol. The lowest BCUT2D eigenvalue weighted by molar-refractivity contribution is 0.0744. The Morgan fingerprint density at radius 1 is 1.23 bits per heavy atom. The first-order valence-corrected chi connectivity index (χ1v) is 9.52. The number of carbonyl (C=O) groups excluding carboxylic acids is 1. The summed E-state index contributed by atoms with van der Waals surface area (Å²) in [6, 6.07) is 3.18. The summed E-state index contributed by atoms with van der Waals surface area (Å²) in [6.07, 6.45) is 4.55. The van der Waals surface area contributed by atoms with Crippen LogP contribution in [-0.4, -0.2) is 48.9 Å². The molecule has 120 valence electrons. The molecule has 1 heterocycles. The molecule has 3 rings (SSSR count). The van der Waals surface area contributed by atoms with E-state index in [2.05, 4.69) is 0 Å². The van der Waals surface area contributed by atoms with Gasteiger partial charge in [-0.25, -0.2) is 8.42 Å². The van der Waals surface area contributed by atoms with Gasteiger partial charge in [0.1, 0.15) is 5.75 Å². The predicted octanol–water partition coefficient (Wildman–Crippen LogP) is 1.53. The molecule has 0 aromatic heterocycles. The lowest BCUT2D eigenvalue weighted by Gasteiger charge is -2.25. The van der Waals surface area contributed by atoms with Crippen LogP contribution in [0.2, 0.25) is 0 Å². The van der Waals surface area contributed by atoms with Crippen LogP contribution in [-0.2, 0) is 22.7 Å². The van der Waals surface area contributed by atoms with Crippen LogP contribution < -0.4 is 0 Å². The topological polar surface area (TPSA) is 74.7 Å². The molecule has 0 spiro atoms. The zero-order valence-corrected chi connectivity index (χ0v) is 13.5. The van der Waals surface area contributed by atoms with E-state index in [1.54, 1.807) is 19.2 Å². The summed E-state index contributed by atoms with van der Waals surface area (Å²) < 4.78 is 23.2. The van der Waals surface area contributed by atoms with Crippen LogP contribution in [0.4, 0.5) is 0 Å². The lowest BCUT2D eigenvalue weighted by atomic mass is 9.89. The Morgan fingerprint density at radius 2 is 1.86 bits per heavy atom. The van der Waals surface area contributed by atoms with E-state index in [0.717, 1.165) is 36.8 Å². The van der Waals surface area contributed by atoms with Crippen molar-refractivity contribution in [1.82, 2.24) is 4.90 Å². The molecule has 1 amide bonds. The number of phenolic OH excluding ortho intramolecular Hbond substituents is 1. The number of phenols is 1. The number of fused-ring (bicyclic) bond motifs is 1. The minimum Gasteiger partial charge on any atom is -0.507 e. The number of nitrogens with zero attached hydrogens (tertiary/aromatic N) is 1. The van der Waals surface area contributed by atoms with Crippen molar-refractivity contribution in [2.75, 3.05) is 18.6 Å². The van der Waals surface area contributed by atoms with Crippen molar-refractivity contribution in [2.24, 2.45) is 0 Å². The van der Waals surface area contributed by atoms with E-state index in [0.29, 0.717) is 6.42 Å². The molecule has 0 saturated carbocycles. The van der Waals surface area contributed by atoms with Crippen LogP contribution >= 0.6 is 0 Å². The fourth-order valence-electron chi connectivity index (χ4n) is 3.38. The Hall–Kier alpha value is -1.56. The minimum absolute atomic E-state index is 0.00152. The third-order valence-electron chi connectivity index (χ3n) is 4.77. The molecule has 1 N–H and O–H groups in total. The fourth-order valence-corrected chi connectivity index (χ4v) is 5.16. The van der Waals surface area contributed by atoms with Gasteiger partial charge in [-0.3, -0.25) is 4.79 Å². The number of carbonyl (C=O) groups is 1. The summed E-state index contributed by atoms with van der Waals surface area (Å²) in [4.78, 5) is 14.1. The van der Waals surface area contributed by atoms with E-state index in [9.17, 15) is 18.3 Å². The first-order valence-electron chi connectivity index (χ1n) is 7.70. The Labute approximate surface area is 130 Å². The molecule has 1 aliphatic heterocycles. The van der Waals surface area contributed by atoms with Gasteiger partial charge in [-0.05, 0) is 55.4 Å². The second-order valence-corrected chi connectivity index (χ2v) is 8.55. The molecule has 5 nitrogen and oxygen atoms in total. The van der Waals surface area contributed by atoms with Gasteiger partial charge in [0.05, 0.1) is 17.1 Å². The van der Waals surface area contributed by atoms with Gasteiger partial charge in [-0.1, -0.05) is 0 Å². The molecule has 22 heavy (non-hydrogen) atoms. The van der Waals surface area contributed by atoms with Crippen LogP contribution in [0.15, 0.2) is 12.1 Å². The van der Waals surface area contributed by atoms with Gasteiger partial charge >= 0.3 is 0 Å². The van der Waals surface area contributed by atoms with Gasteiger partial charge < -0.3 is 10.0 Å². The SMILES string of the molecule is CN(C(=O)c1cc2c(cc1O)CCCC2)C1CCS(=O)(=O)C1. The number of sulfone groups is 1. The summed E-state index contributed by atoms with van der Waals surface area (Å²) in [5.74, 6) is -0.154. The van der Waals surface area contributed by atoms with E-state index in [1.165, 1.54) is 4.90 Å².